The molecule has 0 unspecified atom stereocenters. The molecule has 0 bridgehead atoms. The highest BCUT2D eigenvalue weighted by molar-refractivity contribution is 5.99. The Morgan fingerprint density at radius 3 is 2.96 bits per heavy atom. The number of aromatic nitrogens is 4. The minimum Gasteiger partial charge on any atom is -0.480 e. The van der Waals surface area contributed by atoms with Crippen LogP contribution in [0.3, 0.4) is 0 Å². The largest absolute Gasteiger partial charge is 0.480 e. The first-order valence-electron chi connectivity index (χ1n) is 7.92. The number of nitrogens with zero attached hydrogens (tertiary/aromatic N) is 4. The lowest BCUT2D eigenvalue weighted by atomic mass is 10.3. The predicted molar refractivity (Wildman–Crippen MR) is 95.7 cm³/mol. The second-order valence-corrected chi connectivity index (χ2v) is 5.12. The zero-order chi connectivity index (χ0) is 18.5. The summed E-state index contributed by atoms with van der Waals surface area (Å²) in [4.78, 5) is 25.8. The number of ether oxygens (including phenoxy) is 1. The molecule has 10 heteroatoms. The molecule has 0 aliphatic heterocycles. The number of anilines is 3. The van der Waals surface area contributed by atoms with Crippen molar-refractivity contribution in [1.29, 1.82) is 0 Å². The van der Waals surface area contributed by atoms with Crippen molar-refractivity contribution in [3.05, 3.63) is 36.2 Å². The molecule has 0 aliphatic rings. The Hall–Kier alpha value is -3.40. The number of rotatable bonds is 7. The number of hydrogen-bond donors (Lipinski definition) is 3. The number of amides is 1. The van der Waals surface area contributed by atoms with Gasteiger partial charge in [-0.1, -0.05) is 0 Å². The molecule has 3 aromatic rings. The maximum absolute atomic E-state index is 12.2. The molecule has 3 N–H and O–H groups in total. The number of nitrogens with one attached hydrogen (secondary N) is 3. The summed E-state index contributed by atoms with van der Waals surface area (Å²) < 4.78 is 6.77. The van der Waals surface area contributed by atoms with Crippen LogP contribution in [0.15, 0.2) is 30.6 Å². The summed E-state index contributed by atoms with van der Waals surface area (Å²) >= 11 is 0. The molecule has 26 heavy (non-hydrogen) atoms. The van der Waals surface area contributed by atoms with Crippen LogP contribution in [-0.4, -0.2) is 46.3 Å². The van der Waals surface area contributed by atoms with Crippen LogP contribution in [0.25, 0.3) is 5.65 Å². The number of hydroxylamine groups is 1. The average molecular weight is 357 g/mol. The summed E-state index contributed by atoms with van der Waals surface area (Å²) in [5, 5.41) is 10.4. The number of hydrogen-bond acceptors (Lipinski definition) is 8. The van der Waals surface area contributed by atoms with Gasteiger partial charge in [-0.2, -0.15) is 9.61 Å². The summed E-state index contributed by atoms with van der Waals surface area (Å²) in [7, 11) is 3.29. The Kier molecular flexibility index (Phi) is 5.13. The van der Waals surface area contributed by atoms with Crippen LogP contribution in [0, 0.1) is 0 Å². The van der Waals surface area contributed by atoms with E-state index in [1.54, 1.807) is 32.3 Å². The van der Waals surface area contributed by atoms with E-state index >= 15 is 0 Å². The van der Waals surface area contributed by atoms with E-state index in [9.17, 15) is 4.79 Å². The summed E-state index contributed by atoms with van der Waals surface area (Å²) in [6.07, 6.45) is 3.07. The summed E-state index contributed by atoms with van der Waals surface area (Å²) in [5.74, 6) is 1.16. The lowest BCUT2D eigenvalue weighted by Gasteiger charge is -2.12. The van der Waals surface area contributed by atoms with Gasteiger partial charge in [-0.05, 0) is 19.1 Å². The normalized spacial score (nSPS) is 10.6. The van der Waals surface area contributed by atoms with Gasteiger partial charge in [0.1, 0.15) is 22.9 Å². The fraction of sp³-hybridized carbons (Fsp3) is 0.250. The van der Waals surface area contributed by atoms with Gasteiger partial charge in [-0.3, -0.25) is 9.63 Å². The van der Waals surface area contributed by atoms with Crippen molar-refractivity contribution in [3.8, 4) is 5.88 Å². The van der Waals surface area contributed by atoms with E-state index in [-0.39, 0.29) is 5.56 Å². The molecule has 3 rings (SSSR count). The Balaban J connectivity index is 2.02. The zero-order valence-corrected chi connectivity index (χ0v) is 14.6. The van der Waals surface area contributed by atoms with Crippen LogP contribution in [-0.2, 0) is 4.84 Å². The molecule has 0 saturated heterocycles. The van der Waals surface area contributed by atoms with E-state index in [4.69, 9.17) is 9.57 Å². The van der Waals surface area contributed by atoms with Crippen molar-refractivity contribution in [2.75, 3.05) is 31.4 Å². The molecule has 1 amide bonds. The molecule has 0 aromatic carbocycles. The SMILES string of the molecule is CCONC(=O)c1cnn2c(NC)cc(Nc3cccnc3OC)nc12. The summed E-state index contributed by atoms with van der Waals surface area (Å²) in [6.45, 7) is 2.13. The Morgan fingerprint density at radius 2 is 2.23 bits per heavy atom. The van der Waals surface area contributed by atoms with Crippen molar-refractivity contribution in [3.63, 3.8) is 0 Å². The molecule has 0 saturated carbocycles. The lowest BCUT2D eigenvalue weighted by molar-refractivity contribution is 0.0366. The van der Waals surface area contributed by atoms with Crippen molar-refractivity contribution in [1.82, 2.24) is 25.1 Å². The standard InChI is InChI=1S/C16H19N7O3/c1-4-26-22-15(24)10-9-19-23-13(17-2)8-12(21-14(10)23)20-11-6-5-7-18-16(11)25-3/h5-9,17H,4H2,1-3H3,(H,20,21)(H,22,24). The molecular weight excluding hydrogens is 338 g/mol. The first-order chi connectivity index (χ1) is 12.7. The maximum atomic E-state index is 12.2. The second-order valence-electron chi connectivity index (χ2n) is 5.12. The molecule has 0 spiro atoms. The Labute approximate surface area is 149 Å². The third kappa shape index (κ3) is 3.35. The third-order valence-electron chi connectivity index (χ3n) is 3.51. The molecule has 10 nitrogen and oxygen atoms in total. The van der Waals surface area contributed by atoms with Crippen LogP contribution in [0.4, 0.5) is 17.3 Å². The molecule has 0 fully saturated rings. The molecule has 136 valence electrons. The highest BCUT2D eigenvalue weighted by Crippen LogP contribution is 2.26. The van der Waals surface area contributed by atoms with Gasteiger partial charge in [0.2, 0.25) is 5.88 Å². The van der Waals surface area contributed by atoms with Gasteiger partial charge in [-0.25, -0.2) is 15.4 Å². The average Bonchev–Trinajstić information content (AvgIpc) is 3.10. The zero-order valence-electron chi connectivity index (χ0n) is 14.6. The van der Waals surface area contributed by atoms with Gasteiger partial charge in [0.05, 0.1) is 19.9 Å². The number of methoxy groups -OCH3 is 1. The summed E-state index contributed by atoms with van der Waals surface area (Å²) in [5.41, 5.74) is 3.66. The minimum absolute atomic E-state index is 0.289. The smallest absolute Gasteiger partial charge is 0.280 e. The molecule has 3 heterocycles. The fourth-order valence-corrected chi connectivity index (χ4v) is 2.34. The van der Waals surface area contributed by atoms with Crippen LogP contribution in [0.5, 0.6) is 5.88 Å². The first kappa shape index (κ1) is 17.4. The molecule has 0 aliphatic carbocycles. The van der Waals surface area contributed by atoms with E-state index in [1.807, 2.05) is 6.07 Å². The molecule has 3 aromatic heterocycles. The second kappa shape index (κ2) is 7.66. The molecule has 0 atom stereocenters. The van der Waals surface area contributed by atoms with Gasteiger partial charge < -0.3 is 15.4 Å². The number of carbonyl (C=O) groups excluding carboxylic acids is 1. The van der Waals surface area contributed by atoms with E-state index < -0.39 is 5.91 Å². The van der Waals surface area contributed by atoms with Crippen molar-refractivity contribution in [2.45, 2.75) is 6.92 Å². The highest BCUT2D eigenvalue weighted by Gasteiger charge is 2.17. The van der Waals surface area contributed by atoms with Crippen LogP contribution >= 0.6 is 0 Å². The third-order valence-corrected chi connectivity index (χ3v) is 3.51. The van der Waals surface area contributed by atoms with Crippen LogP contribution in [0.2, 0.25) is 0 Å². The van der Waals surface area contributed by atoms with Gasteiger partial charge >= 0.3 is 0 Å². The number of carbonyl (C=O) groups is 1. The lowest BCUT2D eigenvalue weighted by Crippen LogP contribution is -2.23. The number of fused-ring (bicyclic) bond motifs is 1. The van der Waals surface area contributed by atoms with Gasteiger partial charge in [0.25, 0.3) is 5.91 Å². The van der Waals surface area contributed by atoms with Gasteiger partial charge in [0, 0.05) is 19.3 Å². The van der Waals surface area contributed by atoms with E-state index in [0.29, 0.717) is 35.5 Å². The van der Waals surface area contributed by atoms with Crippen molar-refractivity contribution >= 4 is 28.9 Å². The molecule has 0 radical (unpaired) electrons. The first-order valence-corrected chi connectivity index (χ1v) is 7.92. The maximum Gasteiger partial charge on any atom is 0.280 e. The summed E-state index contributed by atoms with van der Waals surface area (Å²) in [6, 6.07) is 5.36. The topological polar surface area (TPSA) is 115 Å². The van der Waals surface area contributed by atoms with Crippen LogP contribution in [0.1, 0.15) is 17.3 Å². The van der Waals surface area contributed by atoms with Gasteiger partial charge in [0.15, 0.2) is 5.65 Å². The van der Waals surface area contributed by atoms with E-state index in [0.717, 1.165) is 0 Å². The van der Waals surface area contributed by atoms with Crippen molar-refractivity contribution < 1.29 is 14.4 Å². The predicted octanol–water partition coefficient (Wildman–Crippen LogP) is 1.60. The Bertz CT molecular complexity index is 925. The monoisotopic (exact) mass is 357 g/mol. The van der Waals surface area contributed by atoms with E-state index in [2.05, 4.69) is 31.2 Å². The van der Waals surface area contributed by atoms with E-state index in [1.165, 1.54) is 17.8 Å². The highest BCUT2D eigenvalue weighted by atomic mass is 16.6. The minimum atomic E-state index is -0.424. The Morgan fingerprint density at radius 1 is 1.38 bits per heavy atom. The van der Waals surface area contributed by atoms with Crippen LogP contribution < -0.4 is 20.9 Å². The van der Waals surface area contributed by atoms with Crippen molar-refractivity contribution in [2.24, 2.45) is 0 Å². The quantitative estimate of drug-likeness (QED) is 0.546. The van der Waals surface area contributed by atoms with Gasteiger partial charge in [-0.15, -0.1) is 0 Å². The fourth-order valence-electron chi connectivity index (χ4n) is 2.34. The number of pyridine rings is 1. The molecular formula is C16H19N7O3.